The number of unbranched alkanes of at least 4 members (excludes halogenated alkanes) is 1. The molecule has 0 aromatic heterocycles. The molecule has 0 aliphatic carbocycles. The van der Waals surface area contributed by atoms with Gasteiger partial charge >= 0.3 is 23.9 Å². The van der Waals surface area contributed by atoms with E-state index in [0.717, 1.165) is 0 Å². The summed E-state index contributed by atoms with van der Waals surface area (Å²) in [5.74, 6) is -1.76. The van der Waals surface area contributed by atoms with E-state index in [1.54, 1.807) is 27.7 Å². The lowest BCUT2D eigenvalue weighted by molar-refractivity contribution is -0.147. The lowest BCUT2D eigenvalue weighted by Crippen LogP contribution is -2.14. The van der Waals surface area contributed by atoms with Crippen LogP contribution in [0.5, 0.6) is 0 Å². The molecule has 0 unspecified atom stereocenters. The van der Waals surface area contributed by atoms with Gasteiger partial charge in [-0.2, -0.15) is 0 Å². The summed E-state index contributed by atoms with van der Waals surface area (Å²) in [6, 6.07) is 0. The van der Waals surface area contributed by atoms with Crippen LogP contribution in [0, 0.1) is 0 Å². The van der Waals surface area contributed by atoms with Gasteiger partial charge in [0.1, 0.15) is 13.2 Å². The molecule has 0 bridgehead atoms. The minimum Gasteiger partial charge on any atom is -0.462 e. The second-order valence-corrected chi connectivity index (χ2v) is 6.37. The largest absolute Gasteiger partial charge is 0.462 e. The Morgan fingerprint density at radius 1 is 0.467 bits per heavy atom. The molecular formula is C22H32O8. The number of carbonyl (C=O) groups excluding carboxylic acids is 4. The molecule has 0 atom stereocenters. The molecule has 0 fully saturated rings. The van der Waals surface area contributed by atoms with Crippen molar-refractivity contribution in [2.24, 2.45) is 0 Å². The van der Waals surface area contributed by atoms with Crippen LogP contribution in [-0.4, -0.2) is 50.3 Å². The van der Waals surface area contributed by atoms with Crippen molar-refractivity contribution in [1.82, 2.24) is 0 Å². The highest BCUT2D eigenvalue weighted by molar-refractivity contribution is 5.88. The van der Waals surface area contributed by atoms with Crippen molar-refractivity contribution in [2.75, 3.05) is 26.4 Å². The van der Waals surface area contributed by atoms with Crippen molar-refractivity contribution in [3.8, 4) is 0 Å². The first-order valence-electron chi connectivity index (χ1n) is 9.20. The number of ether oxygens (including phenoxy) is 4. The van der Waals surface area contributed by atoms with Gasteiger partial charge in [0.05, 0.1) is 13.2 Å². The van der Waals surface area contributed by atoms with Gasteiger partial charge in [-0.05, 0) is 40.5 Å². The van der Waals surface area contributed by atoms with E-state index in [9.17, 15) is 19.2 Å². The fourth-order valence-electron chi connectivity index (χ4n) is 1.30. The van der Waals surface area contributed by atoms with Crippen molar-refractivity contribution in [3.05, 3.63) is 48.6 Å². The molecule has 0 radical (unpaired) electrons. The number of hydrogen-bond acceptors (Lipinski definition) is 8. The standard InChI is InChI=1S/C12H18O4.C10H14O4/c1-9(2)11(13)15-7-5-6-8-16-12(14)10(3)4;1-7(2)9(11)13-5-6-14-10(12)8(3)4/h1,3,5-8H2,2,4H3;1,3,5-6H2,2,4H3. The van der Waals surface area contributed by atoms with Crippen molar-refractivity contribution in [2.45, 2.75) is 40.5 Å². The molecule has 0 aliphatic heterocycles. The van der Waals surface area contributed by atoms with Gasteiger partial charge in [0, 0.05) is 22.3 Å². The first kappa shape index (κ1) is 29.0. The normalized spacial score (nSPS) is 9.20. The number of carbonyl (C=O) groups is 4. The minimum absolute atomic E-state index is 0.0325. The molecule has 0 saturated heterocycles. The summed E-state index contributed by atoms with van der Waals surface area (Å²) in [7, 11) is 0. The molecule has 8 heteroatoms. The van der Waals surface area contributed by atoms with Crippen LogP contribution in [-0.2, 0) is 38.1 Å². The van der Waals surface area contributed by atoms with E-state index in [4.69, 9.17) is 9.47 Å². The van der Waals surface area contributed by atoms with Crippen molar-refractivity contribution in [3.63, 3.8) is 0 Å². The van der Waals surface area contributed by atoms with Gasteiger partial charge in [-0.3, -0.25) is 0 Å². The first-order chi connectivity index (χ1) is 13.9. The highest BCUT2D eigenvalue weighted by Gasteiger charge is 2.06. The van der Waals surface area contributed by atoms with Crippen LogP contribution < -0.4 is 0 Å². The third-order valence-electron chi connectivity index (χ3n) is 2.95. The minimum atomic E-state index is -0.489. The molecule has 0 rings (SSSR count). The van der Waals surface area contributed by atoms with Crippen LogP contribution in [0.4, 0.5) is 0 Å². The molecule has 0 saturated carbocycles. The second kappa shape index (κ2) is 16.8. The number of rotatable bonds is 12. The smallest absolute Gasteiger partial charge is 0.333 e. The van der Waals surface area contributed by atoms with Gasteiger partial charge in [0.25, 0.3) is 0 Å². The topological polar surface area (TPSA) is 105 Å². The van der Waals surface area contributed by atoms with Crippen LogP contribution in [0.3, 0.4) is 0 Å². The SMILES string of the molecule is C=C(C)C(=O)OCCCCOC(=O)C(=C)C.C=C(C)C(=O)OCCOC(=O)C(=C)C. The maximum atomic E-state index is 11.0. The zero-order valence-corrected chi connectivity index (χ0v) is 18.3. The highest BCUT2D eigenvalue weighted by Crippen LogP contribution is 1.98. The molecule has 0 amide bonds. The molecule has 30 heavy (non-hydrogen) atoms. The van der Waals surface area contributed by atoms with E-state index in [-0.39, 0.29) is 25.2 Å². The summed E-state index contributed by atoms with van der Waals surface area (Å²) in [5.41, 5.74) is 1.40. The molecule has 168 valence electrons. The summed E-state index contributed by atoms with van der Waals surface area (Å²) in [6.07, 6.45) is 1.31. The Balaban J connectivity index is 0. The fourth-order valence-corrected chi connectivity index (χ4v) is 1.30. The Bertz CT molecular complexity index is 615. The zero-order chi connectivity index (χ0) is 23.7. The second-order valence-electron chi connectivity index (χ2n) is 6.37. The van der Waals surface area contributed by atoms with Crippen LogP contribution in [0.2, 0.25) is 0 Å². The maximum Gasteiger partial charge on any atom is 0.333 e. The molecule has 0 aliphatic rings. The van der Waals surface area contributed by atoms with Crippen LogP contribution in [0.25, 0.3) is 0 Å². The quantitative estimate of drug-likeness (QED) is 0.203. The molecular weight excluding hydrogens is 392 g/mol. The maximum absolute atomic E-state index is 11.0. The summed E-state index contributed by atoms with van der Waals surface area (Å²) in [6.45, 7) is 20.7. The predicted molar refractivity (Wildman–Crippen MR) is 112 cm³/mol. The van der Waals surface area contributed by atoms with Crippen LogP contribution in [0.1, 0.15) is 40.5 Å². The van der Waals surface area contributed by atoms with Gasteiger partial charge in [-0.25, -0.2) is 19.2 Å². The molecule has 0 heterocycles. The van der Waals surface area contributed by atoms with Gasteiger partial charge in [-0.1, -0.05) is 26.3 Å². The van der Waals surface area contributed by atoms with E-state index in [1.807, 2.05) is 0 Å². The Labute approximate surface area is 178 Å². The molecule has 0 spiro atoms. The Morgan fingerprint density at radius 2 is 0.667 bits per heavy atom. The third kappa shape index (κ3) is 17.0. The Kier molecular flexibility index (Phi) is 16.2. The lowest BCUT2D eigenvalue weighted by atomic mass is 10.3. The molecule has 0 N–H and O–H groups in total. The average molecular weight is 424 g/mol. The van der Waals surface area contributed by atoms with E-state index < -0.39 is 11.9 Å². The van der Waals surface area contributed by atoms with Crippen molar-refractivity contribution >= 4 is 23.9 Å². The third-order valence-corrected chi connectivity index (χ3v) is 2.95. The average Bonchev–Trinajstić information content (AvgIpc) is 2.66. The monoisotopic (exact) mass is 424 g/mol. The van der Waals surface area contributed by atoms with Crippen LogP contribution >= 0.6 is 0 Å². The number of hydrogen-bond donors (Lipinski definition) is 0. The van der Waals surface area contributed by atoms with Gasteiger partial charge in [0.15, 0.2) is 0 Å². The zero-order valence-electron chi connectivity index (χ0n) is 18.3. The summed E-state index contributed by atoms with van der Waals surface area (Å²) >= 11 is 0. The molecule has 0 aromatic carbocycles. The van der Waals surface area contributed by atoms with Gasteiger partial charge < -0.3 is 18.9 Å². The molecule has 8 nitrogen and oxygen atoms in total. The highest BCUT2D eigenvalue weighted by atomic mass is 16.6. The Hall–Kier alpha value is -3.16. The van der Waals surface area contributed by atoms with E-state index in [1.165, 1.54) is 0 Å². The first-order valence-corrected chi connectivity index (χ1v) is 9.20. The van der Waals surface area contributed by atoms with E-state index in [0.29, 0.717) is 48.3 Å². The molecule has 0 aromatic rings. The summed E-state index contributed by atoms with van der Waals surface area (Å²) in [5, 5.41) is 0. The fraction of sp³-hybridized carbons (Fsp3) is 0.455. The van der Waals surface area contributed by atoms with Crippen molar-refractivity contribution in [1.29, 1.82) is 0 Å². The van der Waals surface area contributed by atoms with E-state index >= 15 is 0 Å². The summed E-state index contributed by atoms with van der Waals surface area (Å²) in [4.78, 5) is 43.6. The lowest BCUT2D eigenvalue weighted by Gasteiger charge is -2.05. The van der Waals surface area contributed by atoms with Crippen LogP contribution in [0.15, 0.2) is 48.6 Å². The summed E-state index contributed by atoms with van der Waals surface area (Å²) < 4.78 is 19.1. The van der Waals surface area contributed by atoms with Gasteiger partial charge in [0.2, 0.25) is 0 Å². The Morgan fingerprint density at radius 3 is 0.867 bits per heavy atom. The van der Waals surface area contributed by atoms with Crippen molar-refractivity contribution < 1.29 is 38.1 Å². The van der Waals surface area contributed by atoms with Gasteiger partial charge in [-0.15, -0.1) is 0 Å². The predicted octanol–water partition coefficient (Wildman–Crippen LogP) is 3.23. The number of esters is 4. The van der Waals surface area contributed by atoms with E-state index in [2.05, 4.69) is 35.8 Å².